The molecule has 0 saturated carbocycles. The Morgan fingerprint density at radius 3 is 2.82 bits per heavy atom. The summed E-state index contributed by atoms with van der Waals surface area (Å²) in [6.07, 6.45) is 0.141. The van der Waals surface area contributed by atoms with E-state index in [9.17, 15) is 22.8 Å². The number of halogens is 2. The first-order chi connectivity index (χ1) is 13.2. The lowest BCUT2D eigenvalue weighted by Crippen LogP contribution is -2.34. The number of benzene rings is 1. The number of amides is 1. The molecule has 0 aliphatic carbocycles. The van der Waals surface area contributed by atoms with E-state index in [1.165, 1.54) is 12.1 Å². The average Bonchev–Trinajstić information content (AvgIpc) is 3.06. The van der Waals surface area contributed by atoms with E-state index in [2.05, 4.69) is 41.3 Å². The zero-order valence-electron chi connectivity index (χ0n) is 14.1. The normalized spacial score (nSPS) is 12.2. The van der Waals surface area contributed by atoms with Gasteiger partial charge in [0.25, 0.3) is 0 Å². The Morgan fingerprint density at radius 1 is 1.43 bits per heavy atom. The minimum Gasteiger partial charge on any atom is -0.411 e. The van der Waals surface area contributed by atoms with Gasteiger partial charge in [-0.25, -0.2) is 22.6 Å². The van der Waals surface area contributed by atoms with Crippen LogP contribution in [0.2, 0.25) is 0 Å². The van der Waals surface area contributed by atoms with Crippen molar-refractivity contribution in [1.82, 2.24) is 15.6 Å². The summed E-state index contributed by atoms with van der Waals surface area (Å²) in [6.45, 7) is 0.141. The van der Waals surface area contributed by atoms with Gasteiger partial charge in [-0.05, 0) is 43.9 Å². The molecule has 1 aromatic heterocycles. The quantitative estimate of drug-likeness (QED) is 0.152. The Labute approximate surface area is 171 Å². The number of sulfonamides is 1. The van der Waals surface area contributed by atoms with Crippen LogP contribution in [-0.4, -0.2) is 53.6 Å². The number of carbonyl (C=O) groups is 1. The number of hydrogen-bond acceptors (Lipinski definition) is 9. The average molecular weight is 496 g/mol. The van der Waals surface area contributed by atoms with E-state index in [4.69, 9.17) is 5.14 Å². The highest BCUT2D eigenvalue weighted by Crippen LogP contribution is 2.22. The molecule has 0 unspecified atom stereocenters. The third-order valence-electron chi connectivity index (χ3n) is 3.20. The van der Waals surface area contributed by atoms with Gasteiger partial charge >= 0.3 is 0 Å². The number of nitrogens with one attached hydrogen (secondary N) is 1. The van der Waals surface area contributed by atoms with Crippen LogP contribution in [0.25, 0.3) is 0 Å². The second-order valence-electron chi connectivity index (χ2n) is 5.40. The van der Waals surface area contributed by atoms with Crippen molar-refractivity contribution in [1.29, 1.82) is 0 Å². The molecule has 1 heterocycles. The van der Waals surface area contributed by atoms with E-state index in [1.54, 1.807) is 6.07 Å². The van der Waals surface area contributed by atoms with Gasteiger partial charge in [0, 0.05) is 18.7 Å². The van der Waals surface area contributed by atoms with E-state index < -0.39 is 27.5 Å². The smallest absolute Gasteiger partial charge is 0.236 e. The van der Waals surface area contributed by atoms with Gasteiger partial charge in [-0.1, -0.05) is 23.0 Å². The first-order valence-electron chi connectivity index (χ1n) is 7.57. The second kappa shape index (κ2) is 9.95. The number of rotatable bonds is 9. The monoisotopic (exact) mass is 495 g/mol. The molecular weight excluding hydrogens is 481 g/mol. The van der Waals surface area contributed by atoms with Crippen LogP contribution in [0, 0.1) is 5.82 Å². The highest BCUT2D eigenvalue weighted by Gasteiger charge is 2.19. The first-order valence-corrected chi connectivity index (χ1v) is 11.1. The van der Waals surface area contributed by atoms with Crippen molar-refractivity contribution in [3.05, 3.63) is 39.7 Å². The van der Waals surface area contributed by atoms with Crippen LogP contribution in [0.15, 0.2) is 37.5 Å². The number of hydrogen-bond donors (Lipinski definition) is 3. The van der Waals surface area contributed by atoms with Crippen LogP contribution in [0.3, 0.4) is 0 Å². The maximum atomic E-state index is 13.3. The molecule has 0 saturated heterocycles. The molecule has 28 heavy (non-hydrogen) atoms. The maximum absolute atomic E-state index is 13.3. The molecule has 2 rings (SSSR count). The number of thioether (sulfide) groups is 1. The lowest BCUT2D eigenvalue weighted by atomic mass is 10.1. The van der Waals surface area contributed by atoms with Crippen LogP contribution in [0.4, 0.5) is 4.39 Å². The minimum atomic E-state index is -3.89. The van der Waals surface area contributed by atoms with Gasteiger partial charge in [0.15, 0.2) is 10.7 Å². The van der Waals surface area contributed by atoms with E-state index in [0.717, 1.165) is 11.8 Å². The van der Waals surface area contributed by atoms with Gasteiger partial charge in [-0.3, -0.25) is 4.79 Å². The zero-order valence-corrected chi connectivity index (χ0v) is 17.4. The third kappa shape index (κ3) is 6.85. The Morgan fingerprint density at radius 2 is 2.18 bits per heavy atom. The zero-order chi connectivity index (χ0) is 20.7. The van der Waals surface area contributed by atoms with Crippen LogP contribution in [0.1, 0.15) is 11.3 Å². The Hall–Kier alpha value is -2.03. The Balaban J connectivity index is 1.95. The highest BCUT2D eigenvalue weighted by atomic mass is 79.9. The van der Waals surface area contributed by atoms with Gasteiger partial charge in [-0.2, -0.15) is 0 Å². The number of aromatic nitrogens is 2. The molecule has 0 aliphatic rings. The van der Waals surface area contributed by atoms with Gasteiger partial charge < -0.3 is 10.5 Å². The molecule has 0 aliphatic heterocycles. The molecule has 152 valence electrons. The molecule has 0 atom stereocenters. The lowest BCUT2D eigenvalue weighted by Gasteiger charge is -2.05. The van der Waals surface area contributed by atoms with Crippen LogP contribution in [-0.2, 0) is 21.2 Å². The van der Waals surface area contributed by atoms with Crippen LogP contribution in [0.5, 0.6) is 0 Å². The summed E-state index contributed by atoms with van der Waals surface area (Å²) >= 11 is 4.23. The van der Waals surface area contributed by atoms with Gasteiger partial charge in [0.1, 0.15) is 17.3 Å². The van der Waals surface area contributed by atoms with Crippen molar-refractivity contribution >= 4 is 49.3 Å². The number of nitrogens with zero attached hydrogens (tertiary/aromatic N) is 3. The Kier molecular flexibility index (Phi) is 7.91. The summed E-state index contributed by atoms with van der Waals surface area (Å²) in [6, 6.07) is 4.35. The number of oxime groups is 1. The number of primary sulfonamides is 1. The summed E-state index contributed by atoms with van der Waals surface area (Å²) in [5.41, 5.74) is 1.01. The first kappa shape index (κ1) is 22.3. The largest absolute Gasteiger partial charge is 0.411 e. The van der Waals surface area contributed by atoms with Crippen molar-refractivity contribution in [2.75, 3.05) is 18.1 Å². The van der Waals surface area contributed by atoms with E-state index in [-0.39, 0.29) is 28.8 Å². The van der Waals surface area contributed by atoms with Crippen molar-refractivity contribution in [2.24, 2.45) is 10.3 Å². The Bertz CT molecular complexity index is 982. The summed E-state index contributed by atoms with van der Waals surface area (Å²) < 4.78 is 39.9. The van der Waals surface area contributed by atoms with E-state index >= 15 is 0 Å². The minimum absolute atomic E-state index is 0.141. The summed E-state index contributed by atoms with van der Waals surface area (Å²) in [4.78, 5) is 11.4. The van der Waals surface area contributed by atoms with Crippen molar-refractivity contribution in [2.45, 2.75) is 11.4 Å². The van der Waals surface area contributed by atoms with Gasteiger partial charge in [-0.15, -0.1) is 0 Å². The van der Waals surface area contributed by atoms with Crippen molar-refractivity contribution in [3.8, 4) is 0 Å². The van der Waals surface area contributed by atoms with Gasteiger partial charge in [0.2, 0.25) is 15.9 Å². The van der Waals surface area contributed by atoms with Crippen molar-refractivity contribution in [3.63, 3.8) is 0 Å². The second-order valence-corrected chi connectivity index (χ2v) is 8.95. The number of carbonyl (C=O) groups excluding carboxylic acids is 1. The molecule has 0 fully saturated rings. The molecule has 14 heteroatoms. The van der Waals surface area contributed by atoms with Crippen LogP contribution < -0.4 is 10.5 Å². The fourth-order valence-electron chi connectivity index (χ4n) is 2.03. The molecule has 1 amide bonds. The summed E-state index contributed by atoms with van der Waals surface area (Å²) in [7, 11) is -3.89. The van der Waals surface area contributed by atoms with Crippen LogP contribution >= 0.6 is 27.7 Å². The summed E-state index contributed by atoms with van der Waals surface area (Å²) in [5.74, 6) is -1.63. The standard InChI is InChI=1S/C14H15BrFN5O5S2/c15-9-5-8(1-2-10(9)16)6-11(19-23)13-14(21-26-20-13)27-4-3-18-12(22)7-28(17,24)25/h1-2,5,23H,3-4,6-7H2,(H,18,22)(H2,17,24,25). The SMILES string of the molecule is NS(=O)(=O)CC(=O)NCCSc1nonc1C(Cc1ccc(F)c(Br)c1)=NO. The molecule has 0 bridgehead atoms. The third-order valence-corrected chi connectivity index (χ3v) is 5.43. The highest BCUT2D eigenvalue weighted by molar-refractivity contribution is 9.10. The molecule has 1 aromatic carbocycles. The predicted octanol–water partition coefficient (Wildman–Crippen LogP) is 0.889. The van der Waals surface area contributed by atoms with E-state index in [1.807, 2.05) is 0 Å². The topological polar surface area (TPSA) is 161 Å². The lowest BCUT2D eigenvalue weighted by molar-refractivity contribution is -0.118. The maximum Gasteiger partial charge on any atom is 0.236 e. The molecular formula is C14H15BrFN5O5S2. The number of nitrogens with two attached hydrogens (primary N) is 1. The fourth-order valence-corrected chi connectivity index (χ4v) is 3.70. The molecule has 2 aromatic rings. The molecule has 0 radical (unpaired) electrons. The fraction of sp³-hybridized carbons (Fsp3) is 0.286. The summed E-state index contributed by atoms with van der Waals surface area (Å²) in [5, 5.41) is 27.5. The van der Waals surface area contributed by atoms with Crippen molar-refractivity contribution < 1.29 is 27.4 Å². The molecule has 10 nitrogen and oxygen atoms in total. The molecule has 4 N–H and O–H groups in total. The predicted molar refractivity (Wildman–Crippen MR) is 102 cm³/mol. The van der Waals surface area contributed by atoms with Gasteiger partial charge in [0.05, 0.1) is 4.47 Å². The molecule has 0 spiro atoms. The van der Waals surface area contributed by atoms with E-state index in [0.29, 0.717) is 16.3 Å².